The van der Waals surface area contributed by atoms with Crippen molar-refractivity contribution in [2.75, 3.05) is 19.6 Å². The Morgan fingerprint density at radius 1 is 1.14 bits per heavy atom. The van der Waals surface area contributed by atoms with Crippen LogP contribution in [-0.4, -0.2) is 29.8 Å². The molecule has 1 fully saturated rings. The third kappa shape index (κ3) is 3.29. The highest BCUT2D eigenvalue weighted by Gasteiger charge is 2.30. The first-order valence-corrected chi connectivity index (χ1v) is 9.15. The summed E-state index contributed by atoms with van der Waals surface area (Å²) in [6, 6.07) is 9.70. The lowest BCUT2D eigenvalue weighted by Gasteiger charge is -2.15. The van der Waals surface area contributed by atoms with E-state index in [-0.39, 0.29) is 11.5 Å². The minimum atomic E-state index is -0.444. The van der Waals surface area contributed by atoms with Gasteiger partial charge in [-0.25, -0.2) is 9.66 Å². The van der Waals surface area contributed by atoms with Gasteiger partial charge in [0.25, 0.3) is 11.5 Å². The molecule has 144 valence electrons. The minimum absolute atomic E-state index is 0.141. The highest BCUT2D eigenvalue weighted by atomic mass is 35.5. The molecule has 3 aromatic rings. The molecule has 0 radical (unpaired) electrons. The zero-order chi connectivity index (χ0) is 19.8. The predicted octanol–water partition coefficient (Wildman–Crippen LogP) is 3.33. The SMILES string of the molecule is COc1ccc(C(=O)Nn2c(C3CC3)nc3cc(Cl)ccc3c2=O)cc1OC. The van der Waals surface area contributed by atoms with Crippen LogP contribution in [0.4, 0.5) is 0 Å². The van der Waals surface area contributed by atoms with Crippen LogP contribution >= 0.6 is 11.6 Å². The Morgan fingerprint density at radius 2 is 1.89 bits per heavy atom. The van der Waals surface area contributed by atoms with E-state index in [1.165, 1.54) is 18.9 Å². The Labute approximate surface area is 165 Å². The topological polar surface area (TPSA) is 82.5 Å². The molecule has 0 unspecified atom stereocenters. The number of nitrogens with zero attached hydrogens (tertiary/aromatic N) is 2. The van der Waals surface area contributed by atoms with Gasteiger partial charge in [-0.3, -0.25) is 15.0 Å². The van der Waals surface area contributed by atoms with Crippen molar-refractivity contribution in [1.82, 2.24) is 9.66 Å². The van der Waals surface area contributed by atoms with Gasteiger partial charge in [0.2, 0.25) is 0 Å². The average molecular weight is 400 g/mol. The Balaban J connectivity index is 1.76. The second-order valence-corrected chi connectivity index (χ2v) is 6.99. The van der Waals surface area contributed by atoms with E-state index in [0.29, 0.717) is 38.8 Å². The molecule has 1 heterocycles. The zero-order valence-electron chi connectivity index (χ0n) is 15.4. The molecule has 0 bridgehead atoms. The smallest absolute Gasteiger partial charge is 0.280 e. The summed E-state index contributed by atoms with van der Waals surface area (Å²) >= 11 is 6.04. The van der Waals surface area contributed by atoms with E-state index in [1.54, 1.807) is 36.4 Å². The van der Waals surface area contributed by atoms with Crippen LogP contribution in [0, 0.1) is 0 Å². The number of halogens is 1. The molecule has 0 aliphatic heterocycles. The number of carbonyl (C=O) groups is 1. The third-order valence-electron chi connectivity index (χ3n) is 4.66. The van der Waals surface area contributed by atoms with Gasteiger partial charge in [-0.1, -0.05) is 11.6 Å². The van der Waals surface area contributed by atoms with E-state index in [9.17, 15) is 9.59 Å². The van der Waals surface area contributed by atoms with E-state index < -0.39 is 5.91 Å². The molecule has 1 aromatic heterocycles. The molecule has 1 aliphatic rings. The van der Waals surface area contributed by atoms with E-state index in [0.717, 1.165) is 12.8 Å². The second kappa shape index (κ2) is 7.16. The summed E-state index contributed by atoms with van der Waals surface area (Å²) in [6.45, 7) is 0. The van der Waals surface area contributed by atoms with Gasteiger partial charge in [0, 0.05) is 16.5 Å². The number of hydrogen-bond donors (Lipinski definition) is 1. The molecular formula is C20H18ClN3O4. The molecule has 0 atom stereocenters. The maximum atomic E-state index is 13.0. The summed E-state index contributed by atoms with van der Waals surface area (Å²) in [4.78, 5) is 30.4. The van der Waals surface area contributed by atoms with Crippen LogP contribution < -0.4 is 20.5 Å². The van der Waals surface area contributed by atoms with Gasteiger partial charge in [0.1, 0.15) is 5.82 Å². The molecule has 0 spiro atoms. The predicted molar refractivity (Wildman–Crippen MR) is 106 cm³/mol. The number of methoxy groups -OCH3 is 2. The Hall–Kier alpha value is -3.06. The summed E-state index contributed by atoms with van der Waals surface area (Å²) in [5, 5.41) is 0.898. The minimum Gasteiger partial charge on any atom is -0.493 e. The van der Waals surface area contributed by atoms with Crippen molar-refractivity contribution >= 4 is 28.4 Å². The van der Waals surface area contributed by atoms with Crippen molar-refractivity contribution in [3.63, 3.8) is 0 Å². The lowest BCUT2D eigenvalue weighted by Crippen LogP contribution is -2.36. The standard InChI is InChI=1S/C20H18ClN3O4/c1-27-16-8-5-12(9-17(16)28-2)19(25)23-24-18(11-3-4-11)22-15-10-13(21)6-7-14(15)20(24)26/h5-11H,3-4H2,1-2H3,(H,23,25). The molecule has 0 saturated heterocycles. The number of aromatic nitrogens is 2. The van der Waals surface area contributed by atoms with Crippen LogP contribution in [-0.2, 0) is 0 Å². The molecule has 1 aliphatic carbocycles. The van der Waals surface area contributed by atoms with Gasteiger partial charge >= 0.3 is 0 Å². The summed E-state index contributed by atoms with van der Waals surface area (Å²) in [5.74, 6) is 1.17. The Bertz CT molecular complexity index is 1140. The maximum absolute atomic E-state index is 13.0. The van der Waals surface area contributed by atoms with Crippen LogP contribution in [0.5, 0.6) is 11.5 Å². The first-order chi connectivity index (χ1) is 13.5. The highest BCUT2D eigenvalue weighted by Crippen LogP contribution is 2.38. The molecule has 1 amide bonds. The molecule has 2 aromatic carbocycles. The second-order valence-electron chi connectivity index (χ2n) is 6.56. The molecule has 1 N–H and O–H groups in total. The highest BCUT2D eigenvalue weighted by molar-refractivity contribution is 6.31. The van der Waals surface area contributed by atoms with Gasteiger partial charge in [-0.2, -0.15) is 0 Å². The first-order valence-electron chi connectivity index (χ1n) is 8.77. The monoisotopic (exact) mass is 399 g/mol. The molecule has 1 saturated carbocycles. The first kappa shape index (κ1) is 18.3. The summed E-state index contributed by atoms with van der Waals surface area (Å²) < 4.78 is 11.7. The number of fused-ring (bicyclic) bond motifs is 1. The van der Waals surface area contributed by atoms with E-state index in [4.69, 9.17) is 21.1 Å². The van der Waals surface area contributed by atoms with Crippen molar-refractivity contribution in [2.45, 2.75) is 18.8 Å². The maximum Gasteiger partial charge on any atom is 0.280 e. The fourth-order valence-corrected chi connectivity index (χ4v) is 3.21. The fraction of sp³-hybridized carbons (Fsp3) is 0.250. The van der Waals surface area contributed by atoms with Gasteiger partial charge in [0.15, 0.2) is 11.5 Å². The molecule has 4 rings (SSSR count). The van der Waals surface area contributed by atoms with Crippen molar-refractivity contribution in [2.24, 2.45) is 0 Å². The van der Waals surface area contributed by atoms with E-state index >= 15 is 0 Å². The average Bonchev–Trinajstić information content (AvgIpc) is 3.54. The Kier molecular flexibility index (Phi) is 4.68. The Morgan fingerprint density at radius 3 is 2.57 bits per heavy atom. The number of nitrogens with one attached hydrogen (secondary N) is 1. The summed E-state index contributed by atoms with van der Waals surface area (Å²) in [7, 11) is 3.01. The van der Waals surface area contributed by atoms with Crippen molar-refractivity contribution in [3.8, 4) is 11.5 Å². The molecule has 28 heavy (non-hydrogen) atoms. The number of ether oxygens (including phenoxy) is 2. The van der Waals surface area contributed by atoms with Crippen molar-refractivity contribution in [3.05, 3.63) is 63.2 Å². The van der Waals surface area contributed by atoms with Gasteiger partial charge in [0.05, 0.1) is 25.1 Å². The fourth-order valence-electron chi connectivity index (χ4n) is 3.04. The molecular weight excluding hydrogens is 382 g/mol. The van der Waals surface area contributed by atoms with Crippen molar-refractivity contribution in [1.29, 1.82) is 0 Å². The van der Waals surface area contributed by atoms with Crippen LogP contribution in [0.25, 0.3) is 10.9 Å². The van der Waals surface area contributed by atoms with Gasteiger partial charge < -0.3 is 9.47 Å². The molecule has 8 heteroatoms. The van der Waals surface area contributed by atoms with E-state index in [2.05, 4.69) is 10.4 Å². The third-order valence-corrected chi connectivity index (χ3v) is 4.89. The van der Waals surface area contributed by atoms with Crippen LogP contribution in [0.3, 0.4) is 0 Å². The van der Waals surface area contributed by atoms with Crippen LogP contribution in [0.1, 0.15) is 34.9 Å². The zero-order valence-corrected chi connectivity index (χ0v) is 16.1. The van der Waals surface area contributed by atoms with Crippen molar-refractivity contribution < 1.29 is 14.3 Å². The normalized spacial score (nSPS) is 13.4. The van der Waals surface area contributed by atoms with Gasteiger partial charge in [-0.05, 0) is 49.2 Å². The number of rotatable bonds is 5. The number of amides is 1. The van der Waals surface area contributed by atoms with Crippen LogP contribution in [0.2, 0.25) is 5.02 Å². The summed E-state index contributed by atoms with van der Waals surface area (Å²) in [6.07, 6.45) is 1.84. The van der Waals surface area contributed by atoms with Gasteiger partial charge in [-0.15, -0.1) is 0 Å². The van der Waals surface area contributed by atoms with Crippen LogP contribution in [0.15, 0.2) is 41.2 Å². The largest absolute Gasteiger partial charge is 0.493 e. The lowest BCUT2D eigenvalue weighted by atomic mass is 10.2. The lowest BCUT2D eigenvalue weighted by molar-refractivity contribution is 0.101. The quantitative estimate of drug-likeness (QED) is 0.711. The number of carbonyl (C=O) groups excluding carboxylic acids is 1. The van der Waals surface area contributed by atoms with E-state index in [1.807, 2.05) is 0 Å². The number of hydrogen-bond acceptors (Lipinski definition) is 5. The summed E-state index contributed by atoms with van der Waals surface area (Å²) in [5.41, 5.74) is 3.21. The molecule has 7 nitrogen and oxygen atoms in total. The number of benzene rings is 2.